The van der Waals surface area contributed by atoms with E-state index >= 15 is 0 Å². The van der Waals surface area contributed by atoms with Gasteiger partial charge >= 0.3 is 0 Å². The zero-order valence-electron chi connectivity index (χ0n) is 10.8. The van der Waals surface area contributed by atoms with Crippen LogP contribution in [0.25, 0.3) is 0 Å². The molecule has 16 heavy (non-hydrogen) atoms. The molecular formula is C12H22N2OS. The molecule has 0 fully saturated rings. The number of thiazole rings is 1. The van der Waals surface area contributed by atoms with Crippen molar-refractivity contribution in [3.8, 4) is 0 Å². The fourth-order valence-corrected chi connectivity index (χ4v) is 2.54. The van der Waals surface area contributed by atoms with Gasteiger partial charge < -0.3 is 10.1 Å². The van der Waals surface area contributed by atoms with Crippen LogP contribution in [0.1, 0.15) is 38.4 Å². The van der Waals surface area contributed by atoms with Gasteiger partial charge in [-0.1, -0.05) is 0 Å². The predicted molar refractivity (Wildman–Crippen MR) is 69.0 cm³/mol. The average Bonchev–Trinajstić information content (AvgIpc) is 2.62. The predicted octanol–water partition coefficient (Wildman–Crippen LogP) is 2.70. The van der Waals surface area contributed by atoms with Crippen LogP contribution in [0, 0.1) is 6.92 Å². The Balaban J connectivity index is 2.57. The first-order chi connectivity index (χ1) is 7.45. The molecule has 0 saturated heterocycles. The summed E-state index contributed by atoms with van der Waals surface area (Å²) in [6.45, 7) is 12.0. The standard InChI is InChI=1S/C12H22N2OS/c1-6-15-7-9(2)14-12(4,5)11-13-10(3)8-16-11/h8-9,14H,6-7H2,1-5H3. The van der Waals surface area contributed by atoms with E-state index in [4.69, 9.17) is 4.74 Å². The van der Waals surface area contributed by atoms with Crippen LogP contribution in [-0.4, -0.2) is 24.2 Å². The van der Waals surface area contributed by atoms with Crippen LogP contribution in [0.5, 0.6) is 0 Å². The maximum absolute atomic E-state index is 5.40. The molecule has 1 aromatic heterocycles. The second-order valence-electron chi connectivity index (χ2n) is 4.62. The maximum Gasteiger partial charge on any atom is 0.112 e. The molecule has 92 valence electrons. The molecule has 1 N–H and O–H groups in total. The third-order valence-electron chi connectivity index (χ3n) is 2.33. The first kappa shape index (κ1) is 13.6. The van der Waals surface area contributed by atoms with E-state index in [-0.39, 0.29) is 5.54 Å². The molecule has 1 heterocycles. The Bertz CT molecular complexity index is 323. The summed E-state index contributed by atoms with van der Waals surface area (Å²) in [4.78, 5) is 4.53. The third kappa shape index (κ3) is 3.85. The lowest BCUT2D eigenvalue weighted by molar-refractivity contribution is 0.117. The third-order valence-corrected chi connectivity index (χ3v) is 3.62. The topological polar surface area (TPSA) is 34.1 Å². The van der Waals surface area contributed by atoms with Crippen LogP contribution < -0.4 is 5.32 Å². The highest BCUT2D eigenvalue weighted by Crippen LogP contribution is 2.24. The van der Waals surface area contributed by atoms with Crippen LogP contribution in [0.4, 0.5) is 0 Å². The molecule has 3 nitrogen and oxygen atoms in total. The highest BCUT2D eigenvalue weighted by atomic mass is 32.1. The largest absolute Gasteiger partial charge is 0.380 e. The Morgan fingerprint density at radius 1 is 1.56 bits per heavy atom. The van der Waals surface area contributed by atoms with E-state index in [1.807, 2.05) is 13.8 Å². The van der Waals surface area contributed by atoms with Crippen molar-refractivity contribution >= 4 is 11.3 Å². The second kappa shape index (κ2) is 5.75. The van der Waals surface area contributed by atoms with Gasteiger partial charge in [-0.3, -0.25) is 0 Å². The van der Waals surface area contributed by atoms with Gasteiger partial charge in [-0.2, -0.15) is 0 Å². The van der Waals surface area contributed by atoms with E-state index in [2.05, 4.69) is 36.5 Å². The first-order valence-corrected chi connectivity index (χ1v) is 6.61. The van der Waals surface area contributed by atoms with Crippen molar-refractivity contribution in [3.63, 3.8) is 0 Å². The number of nitrogens with one attached hydrogen (secondary N) is 1. The van der Waals surface area contributed by atoms with Gasteiger partial charge in [0, 0.05) is 23.7 Å². The summed E-state index contributed by atoms with van der Waals surface area (Å²) >= 11 is 1.71. The molecule has 0 aliphatic carbocycles. The SMILES string of the molecule is CCOCC(C)NC(C)(C)c1nc(C)cs1. The molecule has 0 radical (unpaired) electrons. The molecular weight excluding hydrogens is 220 g/mol. The first-order valence-electron chi connectivity index (χ1n) is 5.73. The van der Waals surface area contributed by atoms with Gasteiger partial charge in [-0.25, -0.2) is 4.98 Å². The minimum Gasteiger partial charge on any atom is -0.380 e. The number of rotatable bonds is 6. The lowest BCUT2D eigenvalue weighted by Crippen LogP contribution is -2.44. The number of aromatic nitrogens is 1. The molecule has 0 aromatic carbocycles. The van der Waals surface area contributed by atoms with E-state index in [0.29, 0.717) is 6.04 Å². The van der Waals surface area contributed by atoms with Crippen LogP contribution in [-0.2, 0) is 10.3 Å². The summed E-state index contributed by atoms with van der Waals surface area (Å²) in [7, 11) is 0. The number of hydrogen-bond donors (Lipinski definition) is 1. The number of ether oxygens (including phenoxy) is 1. The Morgan fingerprint density at radius 2 is 2.25 bits per heavy atom. The highest BCUT2D eigenvalue weighted by molar-refractivity contribution is 7.09. The second-order valence-corrected chi connectivity index (χ2v) is 5.48. The van der Waals surface area contributed by atoms with Crippen molar-refractivity contribution in [1.82, 2.24) is 10.3 Å². The minimum atomic E-state index is -0.0879. The molecule has 0 amide bonds. The smallest absolute Gasteiger partial charge is 0.112 e. The van der Waals surface area contributed by atoms with Crippen LogP contribution >= 0.6 is 11.3 Å². The summed E-state index contributed by atoms with van der Waals surface area (Å²) in [6.07, 6.45) is 0. The molecule has 1 atom stereocenters. The molecule has 1 unspecified atom stereocenters. The minimum absolute atomic E-state index is 0.0879. The highest BCUT2D eigenvalue weighted by Gasteiger charge is 2.25. The van der Waals surface area contributed by atoms with Gasteiger partial charge in [0.15, 0.2) is 0 Å². The average molecular weight is 242 g/mol. The van der Waals surface area contributed by atoms with E-state index in [0.717, 1.165) is 23.9 Å². The van der Waals surface area contributed by atoms with Gasteiger partial charge in [-0.05, 0) is 34.6 Å². The van der Waals surface area contributed by atoms with Gasteiger partial charge in [0.25, 0.3) is 0 Å². The molecule has 4 heteroatoms. The number of aryl methyl sites for hydroxylation is 1. The summed E-state index contributed by atoms with van der Waals surface area (Å²) in [5, 5.41) is 6.77. The van der Waals surface area contributed by atoms with Crippen LogP contribution in [0.2, 0.25) is 0 Å². The van der Waals surface area contributed by atoms with Crippen molar-refractivity contribution in [2.75, 3.05) is 13.2 Å². The molecule has 0 spiro atoms. The zero-order chi connectivity index (χ0) is 12.2. The summed E-state index contributed by atoms with van der Waals surface area (Å²) < 4.78 is 5.40. The van der Waals surface area contributed by atoms with Crippen molar-refractivity contribution in [3.05, 3.63) is 16.1 Å². The van der Waals surface area contributed by atoms with Gasteiger partial charge in [0.1, 0.15) is 5.01 Å². The van der Waals surface area contributed by atoms with Crippen molar-refractivity contribution in [1.29, 1.82) is 0 Å². The lowest BCUT2D eigenvalue weighted by atomic mass is 10.1. The maximum atomic E-state index is 5.40. The molecule has 1 rings (SSSR count). The normalized spacial score (nSPS) is 14.1. The Hall–Kier alpha value is -0.450. The Morgan fingerprint density at radius 3 is 2.75 bits per heavy atom. The zero-order valence-corrected chi connectivity index (χ0v) is 11.6. The van der Waals surface area contributed by atoms with Gasteiger partial charge in [0.2, 0.25) is 0 Å². The lowest BCUT2D eigenvalue weighted by Gasteiger charge is -2.28. The molecule has 0 aliphatic rings. The van der Waals surface area contributed by atoms with E-state index in [1.54, 1.807) is 11.3 Å². The fraction of sp³-hybridized carbons (Fsp3) is 0.750. The van der Waals surface area contributed by atoms with E-state index in [9.17, 15) is 0 Å². The Labute approximate surface area is 102 Å². The van der Waals surface area contributed by atoms with Crippen LogP contribution in [0.3, 0.4) is 0 Å². The molecule has 0 bridgehead atoms. The summed E-state index contributed by atoms with van der Waals surface area (Å²) in [5.74, 6) is 0. The van der Waals surface area contributed by atoms with Gasteiger partial charge in [-0.15, -0.1) is 11.3 Å². The fourth-order valence-electron chi connectivity index (χ4n) is 1.66. The summed E-state index contributed by atoms with van der Waals surface area (Å²) in [6, 6.07) is 0.333. The molecule has 0 saturated carbocycles. The summed E-state index contributed by atoms with van der Waals surface area (Å²) in [5.41, 5.74) is 1.00. The van der Waals surface area contributed by atoms with Crippen molar-refractivity contribution in [2.24, 2.45) is 0 Å². The van der Waals surface area contributed by atoms with Crippen molar-refractivity contribution < 1.29 is 4.74 Å². The van der Waals surface area contributed by atoms with E-state index < -0.39 is 0 Å². The van der Waals surface area contributed by atoms with Crippen LogP contribution in [0.15, 0.2) is 5.38 Å². The number of hydrogen-bond acceptors (Lipinski definition) is 4. The Kier molecular flexibility index (Phi) is 4.89. The number of nitrogens with zero attached hydrogens (tertiary/aromatic N) is 1. The van der Waals surface area contributed by atoms with Crippen molar-refractivity contribution in [2.45, 2.75) is 46.2 Å². The molecule has 0 aliphatic heterocycles. The van der Waals surface area contributed by atoms with E-state index in [1.165, 1.54) is 0 Å². The molecule has 1 aromatic rings. The monoisotopic (exact) mass is 242 g/mol. The van der Waals surface area contributed by atoms with Gasteiger partial charge in [0.05, 0.1) is 12.1 Å². The quantitative estimate of drug-likeness (QED) is 0.833.